The van der Waals surface area contributed by atoms with E-state index in [1.165, 1.54) is 6.08 Å². The first-order chi connectivity index (χ1) is 7.15. The van der Waals surface area contributed by atoms with Gasteiger partial charge in [0, 0.05) is 33.6 Å². The smallest absolute Gasteiger partial charge is 0.243 e. The number of amides is 1. The lowest BCUT2D eigenvalue weighted by molar-refractivity contribution is -0.202. The summed E-state index contributed by atoms with van der Waals surface area (Å²) in [6, 6.07) is 0. The second-order valence-electron chi connectivity index (χ2n) is 3.88. The van der Waals surface area contributed by atoms with Crippen LogP contribution in [0.5, 0.6) is 0 Å². The van der Waals surface area contributed by atoms with Crippen LogP contribution in [-0.2, 0) is 14.3 Å². The van der Waals surface area contributed by atoms with Crippen molar-refractivity contribution in [3.8, 4) is 0 Å². The zero-order valence-corrected chi connectivity index (χ0v) is 9.41. The maximum Gasteiger partial charge on any atom is 0.243 e. The summed E-state index contributed by atoms with van der Waals surface area (Å²) in [7, 11) is 3.32. The van der Waals surface area contributed by atoms with E-state index in [-0.39, 0.29) is 5.91 Å². The number of rotatable bonds is 5. The number of hydrogen-bond acceptors (Lipinski definition) is 3. The summed E-state index contributed by atoms with van der Waals surface area (Å²) in [6.07, 6.45) is 4.01. The minimum atomic E-state index is -0.441. The minimum absolute atomic E-state index is 0.123. The second kappa shape index (κ2) is 5.28. The minimum Gasteiger partial charge on any atom is -0.353 e. The van der Waals surface area contributed by atoms with Gasteiger partial charge in [-0.05, 0) is 18.4 Å². The van der Waals surface area contributed by atoms with Crippen molar-refractivity contribution in [2.24, 2.45) is 5.92 Å². The van der Waals surface area contributed by atoms with Crippen LogP contribution in [0.2, 0.25) is 0 Å². The number of carbonyl (C=O) groups is 1. The van der Waals surface area contributed by atoms with Crippen LogP contribution in [0.15, 0.2) is 12.7 Å². The van der Waals surface area contributed by atoms with Gasteiger partial charge in [0.15, 0.2) is 5.79 Å². The molecule has 1 amide bonds. The molecular formula is C11H19NO3. The van der Waals surface area contributed by atoms with E-state index in [4.69, 9.17) is 9.47 Å². The second-order valence-corrected chi connectivity index (χ2v) is 3.88. The van der Waals surface area contributed by atoms with Gasteiger partial charge in [0.2, 0.25) is 5.91 Å². The van der Waals surface area contributed by atoms with Gasteiger partial charge >= 0.3 is 0 Å². The van der Waals surface area contributed by atoms with E-state index in [9.17, 15) is 4.79 Å². The number of hydrogen-bond donors (Lipinski definition) is 1. The molecule has 1 saturated carbocycles. The zero-order valence-electron chi connectivity index (χ0n) is 9.41. The van der Waals surface area contributed by atoms with Crippen molar-refractivity contribution in [3.63, 3.8) is 0 Å². The van der Waals surface area contributed by atoms with Crippen molar-refractivity contribution in [3.05, 3.63) is 12.7 Å². The molecule has 4 heteroatoms. The summed E-state index contributed by atoms with van der Waals surface area (Å²) >= 11 is 0. The summed E-state index contributed by atoms with van der Waals surface area (Å²) in [5.41, 5.74) is 0. The molecule has 1 rings (SSSR count). The van der Waals surface area contributed by atoms with Crippen LogP contribution in [-0.4, -0.2) is 32.5 Å². The maximum absolute atomic E-state index is 11.0. The first-order valence-corrected chi connectivity index (χ1v) is 5.16. The molecule has 0 aromatic heterocycles. The lowest BCUT2D eigenvalue weighted by Crippen LogP contribution is -2.32. The van der Waals surface area contributed by atoms with E-state index in [2.05, 4.69) is 11.9 Å². The van der Waals surface area contributed by atoms with E-state index in [1.807, 2.05) is 0 Å². The highest BCUT2D eigenvalue weighted by molar-refractivity contribution is 5.86. The van der Waals surface area contributed by atoms with E-state index in [1.54, 1.807) is 14.2 Å². The Hall–Kier alpha value is -0.870. The van der Waals surface area contributed by atoms with Crippen molar-refractivity contribution < 1.29 is 14.3 Å². The fourth-order valence-electron chi connectivity index (χ4n) is 2.01. The molecule has 1 fully saturated rings. The van der Waals surface area contributed by atoms with Gasteiger partial charge in [-0.1, -0.05) is 6.58 Å². The Labute approximate surface area is 90.6 Å². The first-order valence-electron chi connectivity index (χ1n) is 5.16. The molecule has 1 atom stereocenters. The lowest BCUT2D eigenvalue weighted by Gasteiger charge is -2.25. The molecule has 0 spiro atoms. The Kier molecular flexibility index (Phi) is 4.29. The normalized spacial score (nSPS) is 23.7. The predicted octanol–water partition coefficient (Wildman–Crippen LogP) is 1.08. The Morgan fingerprint density at radius 3 is 2.73 bits per heavy atom. The van der Waals surface area contributed by atoms with Crippen molar-refractivity contribution in [2.75, 3.05) is 20.8 Å². The molecule has 0 bridgehead atoms. The van der Waals surface area contributed by atoms with Gasteiger partial charge < -0.3 is 14.8 Å². The molecule has 86 valence electrons. The number of methoxy groups -OCH3 is 2. The topological polar surface area (TPSA) is 47.6 Å². The van der Waals surface area contributed by atoms with Crippen LogP contribution >= 0.6 is 0 Å². The van der Waals surface area contributed by atoms with Crippen LogP contribution in [0, 0.1) is 5.92 Å². The molecular weight excluding hydrogens is 194 g/mol. The Bertz CT molecular complexity index is 236. The molecule has 0 heterocycles. The van der Waals surface area contributed by atoms with Crippen molar-refractivity contribution in [1.82, 2.24) is 5.32 Å². The molecule has 0 aliphatic heterocycles. The fourth-order valence-corrected chi connectivity index (χ4v) is 2.01. The molecule has 1 N–H and O–H groups in total. The Balaban J connectivity index is 2.36. The van der Waals surface area contributed by atoms with Crippen molar-refractivity contribution >= 4 is 5.91 Å². The molecule has 1 unspecified atom stereocenters. The molecule has 0 radical (unpaired) electrons. The highest BCUT2D eigenvalue weighted by Gasteiger charge is 2.39. The molecule has 0 aromatic carbocycles. The molecule has 0 saturated heterocycles. The van der Waals surface area contributed by atoms with Gasteiger partial charge in [-0.25, -0.2) is 0 Å². The van der Waals surface area contributed by atoms with Crippen LogP contribution < -0.4 is 5.32 Å². The third kappa shape index (κ3) is 3.04. The highest BCUT2D eigenvalue weighted by atomic mass is 16.7. The van der Waals surface area contributed by atoms with E-state index < -0.39 is 5.79 Å². The molecule has 1 aliphatic rings. The standard InChI is InChI=1S/C11H19NO3/c1-4-10(13)12-8-9-5-6-11(7-9,14-2)15-3/h4,9H,1,5-8H2,2-3H3,(H,12,13). The van der Waals surface area contributed by atoms with Crippen molar-refractivity contribution in [1.29, 1.82) is 0 Å². The van der Waals surface area contributed by atoms with Gasteiger partial charge in [-0.3, -0.25) is 4.79 Å². The number of nitrogens with one attached hydrogen (secondary N) is 1. The van der Waals surface area contributed by atoms with E-state index in [0.717, 1.165) is 19.3 Å². The van der Waals surface area contributed by atoms with Gasteiger partial charge in [-0.15, -0.1) is 0 Å². The summed E-state index contributed by atoms with van der Waals surface area (Å²) in [6.45, 7) is 4.07. The summed E-state index contributed by atoms with van der Waals surface area (Å²) in [4.78, 5) is 11.0. The fraction of sp³-hybridized carbons (Fsp3) is 0.727. The van der Waals surface area contributed by atoms with E-state index >= 15 is 0 Å². The van der Waals surface area contributed by atoms with Gasteiger partial charge in [0.25, 0.3) is 0 Å². The van der Waals surface area contributed by atoms with Gasteiger partial charge in [0.05, 0.1) is 0 Å². The average Bonchev–Trinajstić information content (AvgIpc) is 2.70. The Morgan fingerprint density at radius 1 is 1.60 bits per heavy atom. The predicted molar refractivity (Wildman–Crippen MR) is 57.3 cm³/mol. The monoisotopic (exact) mass is 213 g/mol. The highest BCUT2D eigenvalue weighted by Crippen LogP contribution is 2.37. The van der Waals surface area contributed by atoms with Crippen LogP contribution in [0.25, 0.3) is 0 Å². The van der Waals surface area contributed by atoms with Gasteiger partial charge in [0.1, 0.15) is 0 Å². The van der Waals surface area contributed by atoms with Gasteiger partial charge in [-0.2, -0.15) is 0 Å². The number of carbonyl (C=O) groups excluding carboxylic acids is 1. The number of ether oxygens (including phenoxy) is 2. The molecule has 0 aromatic rings. The lowest BCUT2D eigenvalue weighted by atomic mass is 10.1. The molecule has 1 aliphatic carbocycles. The summed E-state index contributed by atoms with van der Waals surface area (Å²) in [5, 5.41) is 2.79. The van der Waals surface area contributed by atoms with Crippen LogP contribution in [0.4, 0.5) is 0 Å². The molecule has 4 nitrogen and oxygen atoms in total. The van der Waals surface area contributed by atoms with Crippen LogP contribution in [0.1, 0.15) is 19.3 Å². The quantitative estimate of drug-likeness (QED) is 0.549. The maximum atomic E-state index is 11.0. The molecule has 15 heavy (non-hydrogen) atoms. The summed E-state index contributed by atoms with van der Waals surface area (Å²) in [5.74, 6) is -0.139. The summed E-state index contributed by atoms with van der Waals surface area (Å²) < 4.78 is 10.7. The largest absolute Gasteiger partial charge is 0.353 e. The SMILES string of the molecule is C=CC(=O)NCC1CCC(OC)(OC)C1. The van der Waals surface area contributed by atoms with E-state index in [0.29, 0.717) is 12.5 Å². The first kappa shape index (κ1) is 12.2. The third-order valence-corrected chi connectivity index (χ3v) is 3.03. The third-order valence-electron chi connectivity index (χ3n) is 3.03. The van der Waals surface area contributed by atoms with Crippen molar-refractivity contribution in [2.45, 2.75) is 25.0 Å². The average molecular weight is 213 g/mol. The van der Waals surface area contributed by atoms with Crippen LogP contribution in [0.3, 0.4) is 0 Å². The Morgan fingerprint density at radius 2 is 2.27 bits per heavy atom. The zero-order chi connectivity index (χ0) is 11.3.